The molecular weight excluding hydrogens is 244 g/mol. The summed E-state index contributed by atoms with van der Waals surface area (Å²) >= 11 is 0. The van der Waals surface area contributed by atoms with Crippen LogP contribution in [0.2, 0.25) is 0 Å². The summed E-state index contributed by atoms with van der Waals surface area (Å²) in [6, 6.07) is 6.36. The van der Waals surface area contributed by atoms with E-state index in [1.54, 1.807) is 5.57 Å². The van der Waals surface area contributed by atoms with Gasteiger partial charge in [0.05, 0.1) is 0 Å². The number of ketones is 1. The molecule has 0 aliphatic heterocycles. The third kappa shape index (κ3) is 1.47. The summed E-state index contributed by atoms with van der Waals surface area (Å²) in [5.41, 5.74) is 5.28. The van der Waals surface area contributed by atoms with Gasteiger partial charge in [-0.05, 0) is 55.1 Å². The van der Waals surface area contributed by atoms with Gasteiger partial charge in [-0.2, -0.15) is 0 Å². The molecular formula is C19H22O. The summed E-state index contributed by atoms with van der Waals surface area (Å²) in [7, 11) is 0. The number of benzene rings is 1. The van der Waals surface area contributed by atoms with E-state index in [-0.39, 0.29) is 5.41 Å². The summed E-state index contributed by atoms with van der Waals surface area (Å²) in [5.74, 6) is 1.56. The Hall–Kier alpha value is -1.37. The topological polar surface area (TPSA) is 17.1 Å². The van der Waals surface area contributed by atoms with Crippen molar-refractivity contribution >= 4 is 5.78 Å². The van der Waals surface area contributed by atoms with Crippen molar-refractivity contribution in [1.29, 1.82) is 0 Å². The lowest BCUT2D eigenvalue weighted by molar-refractivity contribution is 0.0670. The molecule has 0 N–H and O–H groups in total. The highest BCUT2D eigenvalue weighted by Gasteiger charge is 2.53. The first-order valence-electron chi connectivity index (χ1n) is 7.96. The minimum Gasteiger partial charge on any atom is -0.294 e. The Bertz CT molecular complexity index is 623. The molecule has 1 nitrogen and oxygen atoms in total. The molecule has 4 rings (SSSR count). The van der Waals surface area contributed by atoms with E-state index in [1.807, 2.05) is 0 Å². The predicted molar refractivity (Wildman–Crippen MR) is 81.0 cm³/mol. The maximum absolute atomic E-state index is 13.2. The van der Waals surface area contributed by atoms with E-state index in [1.165, 1.54) is 17.5 Å². The van der Waals surface area contributed by atoms with E-state index in [0.29, 0.717) is 17.6 Å². The first kappa shape index (κ1) is 12.4. The number of carbonyl (C=O) groups is 1. The summed E-state index contributed by atoms with van der Waals surface area (Å²) in [4.78, 5) is 13.2. The zero-order chi connectivity index (χ0) is 13.9. The third-order valence-electron chi connectivity index (χ3n) is 5.88. The molecule has 1 heteroatoms. The molecule has 3 aliphatic rings. The van der Waals surface area contributed by atoms with Crippen LogP contribution in [-0.2, 0) is 6.42 Å². The van der Waals surface area contributed by atoms with E-state index in [0.717, 1.165) is 31.2 Å². The Labute approximate surface area is 121 Å². The highest BCUT2D eigenvalue weighted by atomic mass is 16.1. The van der Waals surface area contributed by atoms with Crippen molar-refractivity contribution in [3.63, 3.8) is 0 Å². The average Bonchev–Trinajstić information content (AvgIpc) is 3.04. The molecule has 0 heterocycles. The maximum atomic E-state index is 13.2. The number of allylic oxidation sites excluding steroid dienone is 2. The average molecular weight is 266 g/mol. The Morgan fingerprint density at radius 2 is 2.15 bits per heavy atom. The molecule has 20 heavy (non-hydrogen) atoms. The monoisotopic (exact) mass is 266 g/mol. The van der Waals surface area contributed by atoms with Gasteiger partial charge in [-0.1, -0.05) is 43.7 Å². The van der Waals surface area contributed by atoms with Gasteiger partial charge in [0.25, 0.3) is 0 Å². The van der Waals surface area contributed by atoms with Gasteiger partial charge in [0, 0.05) is 11.0 Å². The molecule has 104 valence electrons. The normalized spacial score (nSPS) is 31.1. The number of carbonyl (C=O) groups excluding carboxylic acids is 1. The van der Waals surface area contributed by atoms with Crippen molar-refractivity contribution < 1.29 is 4.79 Å². The molecule has 1 spiro atoms. The molecule has 1 aromatic carbocycles. The van der Waals surface area contributed by atoms with Crippen LogP contribution in [0.5, 0.6) is 0 Å². The van der Waals surface area contributed by atoms with Crippen LogP contribution >= 0.6 is 0 Å². The number of fused-ring (bicyclic) bond motifs is 4. The molecule has 2 atom stereocenters. The van der Waals surface area contributed by atoms with Gasteiger partial charge >= 0.3 is 0 Å². The minimum absolute atomic E-state index is 0.0350. The van der Waals surface area contributed by atoms with Gasteiger partial charge < -0.3 is 0 Å². The van der Waals surface area contributed by atoms with Crippen LogP contribution in [0.25, 0.3) is 0 Å². The highest BCUT2D eigenvalue weighted by Crippen LogP contribution is 2.58. The van der Waals surface area contributed by atoms with Crippen molar-refractivity contribution in [3.05, 3.63) is 46.5 Å². The summed E-state index contributed by atoms with van der Waals surface area (Å²) < 4.78 is 0. The quantitative estimate of drug-likeness (QED) is 0.675. The number of hydrogen-bond donors (Lipinski definition) is 0. The minimum atomic E-state index is -0.0350. The van der Waals surface area contributed by atoms with Gasteiger partial charge in [-0.3, -0.25) is 4.79 Å². The Kier molecular flexibility index (Phi) is 2.52. The second kappa shape index (κ2) is 4.07. The van der Waals surface area contributed by atoms with Crippen LogP contribution in [0.3, 0.4) is 0 Å². The lowest BCUT2D eigenvalue weighted by atomic mass is 9.62. The lowest BCUT2D eigenvalue weighted by Crippen LogP contribution is -2.40. The summed E-state index contributed by atoms with van der Waals surface area (Å²) in [6.07, 6.45) is 7.92. The molecule has 1 fully saturated rings. The fourth-order valence-corrected chi connectivity index (χ4v) is 4.83. The van der Waals surface area contributed by atoms with Gasteiger partial charge in [0.1, 0.15) is 0 Å². The standard InChI is InChI=1S/C19H22O/c1-12(2)15-4-3-5-17-16(15)8-9-19(18(17)20)11-13-6-7-14(19)10-13/h3-6,12,14H,7-11H2,1-2H3. The van der Waals surface area contributed by atoms with Crippen LogP contribution in [-0.4, -0.2) is 5.78 Å². The van der Waals surface area contributed by atoms with Crippen molar-refractivity contribution in [2.24, 2.45) is 11.3 Å². The van der Waals surface area contributed by atoms with Crippen LogP contribution in [0.1, 0.15) is 66.9 Å². The lowest BCUT2D eigenvalue weighted by Gasteiger charge is -2.39. The predicted octanol–water partition coefficient (Wildman–Crippen LogP) is 4.67. The van der Waals surface area contributed by atoms with Crippen LogP contribution in [0.15, 0.2) is 29.8 Å². The van der Waals surface area contributed by atoms with Crippen molar-refractivity contribution in [3.8, 4) is 0 Å². The van der Waals surface area contributed by atoms with E-state index in [9.17, 15) is 4.79 Å². The second-order valence-corrected chi connectivity index (χ2v) is 7.19. The van der Waals surface area contributed by atoms with Gasteiger partial charge in [0.15, 0.2) is 5.78 Å². The van der Waals surface area contributed by atoms with Crippen molar-refractivity contribution in [2.45, 2.75) is 51.9 Å². The fraction of sp³-hybridized carbons (Fsp3) is 0.526. The zero-order valence-corrected chi connectivity index (χ0v) is 12.4. The zero-order valence-electron chi connectivity index (χ0n) is 12.4. The summed E-state index contributed by atoms with van der Waals surface area (Å²) in [5, 5.41) is 0. The van der Waals surface area contributed by atoms with Crippen molar-refractivity contribution in [1.82, 2.24) is 0 Å². The second-order valence-electron chi connectivity index (χ2n) is 7.19. The molecule has 3 aliphatic carbocycles. The Balaban J connectivity index is 1.81. The maximum Gasteiger partial charge on any atom is 0.169 e. The molecule has 0 amide bonds. The molecule has 0 aromatic heterocycles. The summed E-state index contributed by atoms with van der Waals surface area (Å²) in [6.45, 7) is 4.46. The molecule has 2 unspecified atom stereocenters. The molecule has 0 radical (unpaired) electrons. The van der Waals surface area contributed by atoms with Gasteiger partial charge in [-0.25, -0.2) is 0 Å². The van der Waals surface area contributed by atoms with E-state index >= 15 is 0 Å². The third-order valence-corrected chi connectivity index (χ3v) is 5.88. The van der Waals surface area contributed by atoms with Crippen LogP contribution < -0.4 is 0 Å². The van der Waals surface area contributed by atoms with E-state index < -0.39 is 0 Å². The van der Waals surface area contributed by atoms with Crippen molar-refractivity contribution in [2.75, 3.05) is 0 Å². The molecule has 0 saturated heterocycles. The van der Waals surface area contributed by atoms with E-state index in [4.69, 9.17) is 0 Å². The van der Waals surface area contributed by atoms with Gasteiger partial charge in [-0.15, -0.1) is 0 Å². The van der Waals surface area contributed by atoms with Crippen LogP contribution in [0, 0.1) is 11.3 Å². The Morgan fingerprint density at radius 3 is 2.80 bits per heavy atom. The number of rotatable bonds is 1. The molecule has 1 aromatic rings. The Morgan fingerprint density at radius 1 is 1.30 bits per heavy atom. The molecule has 2 bridgehead atoms. The highest BCUT2D eigenvalue weighted by molar-refractivity contribution is 6.04. The fourth-order valence-electron chi connectivity index (χ4n) is 4.83. The smallest absolute Gasteiger partial charge is 0.169 e. The SMILES string of the molecule is CC(C)c1cccc2c1CCC1(CC3=CCC1C3)C2=O. The first-order valence-corrected chi connectivity index (χ1v) is 7.96. The largest absolute Gasteiger partial charge is 0.294 e. The first-order chi connectivity index (χ1) is 9.62. The van der Waals surface area contributed by atoms with E-state index in [2.05, 4.69) is 38.1 Å². The number of Topliss-reactive ketones (excluding diaryl/α,β-unsaturated/α-hetero) is 1. The van der Waals surface area contributed by atoms with Crippen LogP contribution in [0.4, 0.5) is 0 Å². The number of hydrogen-bond acceptors (Lipinski definition) is 1. The molecule has 1 saturated carbocycles. The van der Waals surface area contributed by atoms with Gasteiger partial charge in [0.2, 0.25) is 0 Å².